The number of aromatic hydroxyl groups is 1. The molecule has 0 saturated carbocycles. The van der Waals surface area contributed by atoms with Crippen LogP contribution < -0.4 is 10.9 Å². The van der Waals surface area contributed by atoms with Gasteiger partial charge in [-0.1, -0.05) is 35.2 Å². The number of hydrogen-bond acceptors (Lipinski definition) is 8. The summed E-state index contributed by atoms with van der Waals surface area (Å²) in [6.07, 6.45) is 0. The number of halogens is 1. The quantitative estimate of drug-likeness (QED) is 0.339. The first-order valence-corrected chi connectivity index (χ1v) is 10.5. The molecule has 0 saturated heterocycles. The molecule has 4 rings (SSSR count). The molecule has 0 aliphatic carbocycles. The Morgan fingerprint density at radius 1 is 1.21 bits per heavy atom. The molecule has 0 bridgehead atoms. The first-order chi connectivity index (χ1) is 14.0. The van der Waals surface area contributed by atoms with Crippen LogP contribution in [0.3, 0.4) is 0 Å². The molecule has 0 spiro atoms. The van der Waals surface area contributed by atoms with Gasteiger partial charge in [0.1, 0.15) is 17.1 Å². The van der Waals surface area contributed by atoms with Crippen LogP contribution in [0, 0.1) is 12.7 Å². The number of phenols is 1. The fourth-order valence-corrected chi connectivity index (χ4v) is 4.53. The maximum absolute atomic E-state index is 13.0. The van der Waals surface area contributed by atoms with Crippen molar-refractivity contribution in [2.45, 2.75) is 23.6 Å². The van der Waals surface area contributed by atoms with Gasteiger partial charge in [-0.05, 0) is 42.3 Å². The fourth-order valence-electron chi connectivity index (χ4n) is 2.79. The molecule has 4 aromatic rings. The van der Waals surface area contributed by atoms with Crippen LogP contribution in [0.2, 0.25) is 0 Å². The number of nitrogens with zero attached hydrogens (tertiary/aromatic N) is 2. The third-order valence-corrected chi connectivity index (χ3v) is 6.40. The smallest absolute Gasteiger partial charge is 0.336 e. The zero-order chi connectivity index (χ0) is 20.4. The van der Waals surface area contributed by atoms with Gasteiger partial charge in [0.25, 0.3) is 0 Å². The summed E-state index contributed by atoms with van der Waals surface area (Å²) in [5.41, 5.74) is 2.22. The summed E-state index contributed by atoms with van der Waals surface area (Å²) < 4.78 is 19.0. The van der Waals surface area contributed by atoms with Crippen molar-refractivity contribution in [2.75, 3.05) is 5.32 Å². The molecule has 6 nitrogen and oxygen atoms in total. The Bertz CT molecular complexity index is 1220. The summed E-state index contributed by atoms with van der Waals surface area (Å²) in [4.78, 5) is 11.9. The Balaban J connectivity index is 1.45. The van der Waals surface area contributed by atoms with E-state index in [4.69, 9.17) is 4.42 Å². The van der Waals surface area contributed by atoms with Gasteiger partial charge in [-0.25, -0.2) is 9.18 Å². The molecular weight excluding hydrogens is 413 g/mol. The molecule has 2 N–H and O–H groups in total. The van der Waals surface area contributed by atoms with E-state index in [1.165, 1.54) is 41.3 Å². The van der Waals surface area contributed by atoms with Crippen LogP contribution in [0.15, 0.2) is 56.0 Å². The Morgan fingerprint density at radius 3 is 2.79 bits per heavy atom. The highest BCUT2D eigenvalue weighted by molar-refractivity contribution is 8.00. The molecule has 2 aromatic carbocycles. The Hall–Kier alpha value is -2.91. The first kappa shape index (κ1) is 19.4. The van der Waals surface area contributed by atoms with E-state index in [1.54, 1.807) is 31.2 Å². The highest BCUT2D eigenvalue weighted by Gasteiger charge is 2.12. The normalized spacial score (nSPS) is 11.1. The van der Waals surface area contributed by atoms with E-state index >= 15 is 0 Å². The molecule has 0 atom stereocenters. The highest BCUT2D eigenvalue weighted by Crippen LogP contribution is 2.32. The average Bonchev–Trinajstić information content (AvgIpc) is 3.17. The van der Waals surface area contributed by atoms with E-state index in [1.807, 2.05) is 0 Å². The van der Waals surface area contributed by atoms with Crippen LogP contribution in [0.5, 0.6) is 5.75 Å². The SMILES string of the molecule is Cc1c(O)ccc2c(CSc3nnc(NCc4ccc(F)cc4)s3)cc(=O)oc12. The fraction of sp³-hybridized carbons (Fsp3) is 0.150. The number of thioether (sulfide) groups is 1. The van der Waals surface area contributed by atoms with E-state index < -0.39 is 5.63 Å². The molecule has 2 aromatic heterocycles. The van der Waals surface area contributed by atoms with Gasteiger partial charge in [-0.15, -0.1) is 10.2 Å². The molecule has 29 heavy (non-hydrogen) atoms. The minimum absolute atomic E-state index is 0.0893. The third kappa shape index (κ3) is 4.41. The molecule has 0 fully saturated rings. The summed E-state index contributed by atoms with van der Waals surface area (Å²) in [7, 11) is 0. The zero-order valence-corrected chi connectivity index (χ0v) is 16.9. The molecule has 0 aliphatic heterocycles. The number of aryl methyl sites for hydroxylation is 1. The molecule has 2 heterocycles. The average molecular weight is 429 g/mol. The van der Waals surface area contributed by atoms with E-state index in [2.05, 4.69) is 15.5 Å². The van der Waals surface area contributed by atoms with Gasteiger partial charge in [-0.3, -0.25) is 0 Å². The molecule has 0 unspecified atom stereocenters. The second-order valence-corrected chi connectivity index (χ2v) is 8.52. The lowest BCUT2D eigenvalue weighted by atomic mass is 10.1. The van der Waals surface area contributed by atoms with Gasteiger partial charge in [0, 0.05) is 29.3 Å². The van der Waals surface area contributed by atoms with Gasteiger partial charge >= 0.3 is 5.63 Å². The van der Waals surface area contributed by atoms with Crippen molar-refractivity contribution >= 4 is 39.2 Å². The van der Waals surface area contributed by atoms with Gasteiger partial charge in [0.15, 0.2) is 4.34 Å². The number of nitrogens with one attached hydrogen (secondary N) is 1. The summed E-state index contributed by atoms with van der Waals surface area (Å²) in [6, 6.07) is 11.1. The van der Waals surface area contributed by atoms with Gasteiger partial charge in [0.2, 0.25) is 5.13 Å². The number of aromatic nitrogens is 2. The van der Waals surface area contributed by atoms with Crippen molar-refractivity contribution in [1.29, 1.82) is 0 Å². The molecule has 9 heteroatoms. The topological polar surface area (TPSA) is 88.3 Å². The van der Waals surface area contributed by atoms with Crippen LogP contribution >= 0.6 is 23.1 Å². The Kier molecular flexibility index (Phi) is 5.50. The monoisotopic (exact) mass is 429 g/mol. The zero-order valence-electron chi connectivity index (χ0n) is 15.3. The second kappa shape index (κ2) is 8.22. The van der Waals surface area contributed by atoms with Gasteiger partial charge in [0.05, 0.1) is 0 Å². The van der Waals surface area contributed by atoms with Crippen LogP contribution in [0.25, 0.3) is 11.0 Å². The van der Waals surface area contributed by atoms with E-state index in [0.29, 0.717) is 28.6 Å². The number of fused-ring (bicyclic) bond motifs is 1. The molecule has 0 amide bonds. The molecular formula is C20H16FN3O3S2. The summed E-state index contributed by atoms with van der Waals surface area (Å²) in [5, 5.41) is 22.7. The lowest BCUT2D eigenvalue weighted by molar-refractivity contribution is 0.468. The number of rotatable bonds is 6. The number of anilines is 1. The van der Waals surface area contributed by atoms with E-state index in [0.717, 1.165) is 20.9 Å². The van der Waals surface area contributed by atoms with Gasteiger partial charge < -0.3 is 14.8 Å². The van der Waals surface area contributed by atoms with Crippen LogP contribution in [0.1, 0.15) is 16.7 Å². The lowest BCUT2D eigenvalue weighted by Gasteiger charge is -2.07. The minimum atomic E-state index is -0.458. The number of hydrogen-bond donors (Lipinski definition) is 2. The van der Waals surface area contributed by atoms with Crippen molar-refractivity contribution in [3.8, 4) is 5.75 Å². The third-order valence-electron chi connectivity index (χ3n) is 4.33. The first-order valence-electron chi connectivity index (χ1n) is 8.69. The van der Waals surface area contributed by atoms with Crippen molar-refractivity contribution in [1.82, 2.24) is 10.2 Å². The maximum atomic E-state index is 13.0. The number of phenolic OH excluding ortho intramolecular Hbond substituents is 1. The van der Waals surface area contributed by atoms with Crippen LogP contribution in [0.4, 0.5) is 9.52 Å². The molecule has 0 aliphatic rings. The summed E-state index contributed by atoms with van der Waals surface area (Å²) in [6.45, 7) is 2.23. The standard InChI is InChI=1S/C20H16FN3O3S2/c1-11-16(25)7-6-15-13(8-17(26)27-18(11)15)10-28-20-24-23-19(29-20)22-9-12-2-4-14(21)5-3-12/h2-8,25H,9-10H2,1H3,(H,22,23). The van der Waals surface area contributed by atoms with E-state index in [9.17, 15) is 14.3 Å². The number of benzene rings is 2. The summed E-state index contributed by atoms with van der Waals surface area (Å²) >= 11 is 2.87. The second-order valence-electron chi connectivity index (χ2n) is 6.32. The largest absolute Gasteiger partial charge is 0.508 e. The van der Waals surface area contributed by atoms with Crippen molar-refractivity contribution in [2.24, 2.45) is 0 Å². The highest BCUT2D eigenvalue weighted by atomic mass is 32.2. The summed E-state index contributed by atoms with van der Waals surface area (Å²) in [5.74, 6) is 0.335. The Labute approximate surface area is 173 Å². The predicted octanol–water partition coefficient (Wildman–Crippen LogP) is 4.70. The van der Waals surface area contributed by atoms with Crippen molar-refractivity contribution in [3.05, 3.63) is 75.4 Å². The maximum Gasteiger partial charge on any atom is 0.336 e. The van der Waals surface area contributed by atoms with Crippen molar-refractivity contribution < 1.29 is 13.9 Å². The van der Waals surface area contributed by atoms with Crippen molar-refractivity contribution in [3.63, 3.8) is 0 Å². The van der Waals surface area contributed by atoms with E-state index in [-0.39, 0.29) is 11.6 Å². The van der Waals surface area contributed by atoms with Crippen LogP contribution in [-0.2, 0) is 12.3 Å². The van der Waals surface area contributed by atoms with Gasteiger partial charge in [-0.2, -0.15) is 0 Å². The Morgan fingerprint density at radius 2 is 2.00 bits per heavy atom. The minimum Gasteiger partial charge on any atom is -0.508 e. The predicted molar refractivity (Wildman–Crippen MR) is 112 cm³/mol. The van der Waals surface area contributed by atoms with Crippen LogP contribution in [-0.4, -0.2) is 15.3 Å². The lowest BCUT2D eigenvalue weighted by Crippen LogP contribution is -2.00. The molecule has 148 valence electrons. The molecule has 0 radical (unpaired) electrons.